The second kappa shape index (κ2) is 7.92. The second-order valence-corrected chi connectivity index (χ2v) is 5.03. The van der Waals surface area contributed by atoms with Crippen molar-refractivity contribution >= 4 is 5.97 Å². The normalized spacial score (nSPS) is 11.1. The first-order chi connectivity index (χ1) is 11.9. The van der Waals surface area contributed by atoms with E-state index in [1.807, 2.05) is 0 Å². The van der Waals surface area contributed by atoms with Crippen molar-refractivity contribution in [3.63, 3.8) is 0 Å². The van der Waals surface area contributed by atoms with E-state index in [0.717, 1.165) is 6.07 Å². The minimum Gasteiger partial charge on any atom is -0.496 e. The van der Waals surface area contributed by atoms with Crippen LogP contribution in [0.3, 0.4) is 0 Å². The van der Waals surface area contributed by atoms with E-state index >= 15 is 0 Å². The van der Waals surface area contributed by atoms with Gasteiger partial charge in [0.1, 0.15) is 18.1 Å². The summed E-state index contributed by atoms with van der Waals surface area (Å²) in [6.07, 6.45) is -4.51. The summed E-state index contributed by atoms with van der Waals surface area (Å²) in [5.41, 5.74) is -0.216. The maximum atomic E-state index is 13.0. The molecule has 0 spiro atoms. The molecule has 0 heterocycles. The fourth-order valence-corrected chi connectivity index (χ4v) is 2.23. The minimum atomic E-state index is -4.51. The van der Waals surface area contributed by atoms with Gasteiger partial charge in [-0.25, -0.2) is 4.79 Å². The number of para-hydroxylation sites is 1. The Bertz CT molecular complexity index is 724. The Morgan fingerprint density at radius 2 is 1.76 bits per heavy atom. The molecule has 0 saturated carbocycles. The van der Waals surface area contributed by atoms with Gasteiger partial charge < -0.3 is 14.2 Å². The maximum Gasteiger partial charge on any atom is 0.419 e. The molecule has 25 heavy (non-hydrogen) atoms. The Morgan fingerprint density at radius 1 is 1.08 bits per heavy atom. The molecule has 0 aliphatic heterocycles. The van der Waals surface area contributed by atoms with Crippen molar-refractivity contribution in [1.82, 2.24) is 0 Å². The van der Waals surface area contributed by atoms with Crippen LogP contribution in [0.1, 0.15) is 28.4 Å². The first kappa shape index (κ1) is 18.6. The molecule has 0 fully saturated rings. The molecule has 2 aromatic carbocycles. The lowest BCUT2D eigenvalue weighted by atomic mass is 10.1. The first-order valence-electron chi connectivity index (χ1n) is 7.50. The van der Waals surface area contributed by atoms with Crippen LogP contribution >= 0.6 is 0 Å². The summed E-state index contributed by atoms with van der Waals surface area (Å²) in [6.45, 7) is 1.87. The van der Waals surface area contributed by atoms with E-state index in [9.17, 15) is 18.0 Å². The van der Waals surface area contributed by atoms with Crippen molar-refractivity contribution in [3.05, 3.63) is 59.2 Å². The molecule has 2 aromatic rings. The van der Waals surface area contributed by atoms with Gasteiger partial charge in [0, 0.05) is 5.56 Å². The highest BCUT2D eigenvalue weighted by molar-refractivity contribution is 5.89. The minimum absolute atomic E-state index is 0.105. The van der Waals surface area contributed by atoms with Crippen LogP contribution in [0.15, 0.2) is 42.5 Å². The van der Waals surface area contributed by atoms with Crippen LogP contribution in [0, 0.1) is 0 Å². The standard InChI is InChI=1S/C18H17F3O4/c1-3-24-17(22)12-7-9-14(10-8-12)25-11-13-5-4-6-15(16(13)23-2)18(19,20)21/h4-10H,3,11H2,1-2H3. The van der Waals surface area contributed by atoms with E-state index < -0.39 is 17.7 Å². The van der Waals surface area contributed by atoms with Crippen molar-refractivity contribution < 1.29 is 32.2 Å². The Balaban J connectivity index is 2.12. The fourth-order valence-electron chi connectivity index (χ4n) is 2.23. The molecule has 0 aliphatic carbocycles. The topological polar surface area (TPSA) is 44.8 Å². The lowest BCUT2D eigenvalue weighted by Crippen LogP contribution is -2.10. The first-order valence-corrected chi connectivity index (χ1v) is 7.50. The van der Waals surface area contributed by atoms with E-state index in [1.54, 1.807) is 19.1 Å². The number of rotatable bonds is 6. The third kappa shape index (κ3) is 4.65. The Kier molecular flexibility index (Phi) is 5.90. The Labute approximate surface area is 143 Å². The molecule has 0 atom stereocenters. The quantitative estimate of drug-likeness (QED) is 0.718. The van der Waals surface area contributed by atoms with E-state index in [1.165, 1.54) is 31.4 Å². The van der Waals surface area contributed by atoms with Gasteiger partial charge in [-0.2, -0.15) is 13.2 Å². The van der Waals surface area contributed by atoms with Crippen LogP contribution in [0.2, 0.25) is 0 Å². The molecule has 0 aliphatic rings. The highest BCUT2D eigenvalue weighted by Gasteiger charge is 2.35. The number of alkyl halides is 3. The summed E-state index contributed by atoms with van der Waals surface area (Å²) in [6, 6.07) is 9.90. The number of methoxy groups -OCH3 is 1. The molecule has 0 unspecified atom stereocenters. The van der Waals surface area contributed by atoms with Crippen LogP contribution in [0.25, 0.3) is 0 Å². The summed E-state index contributed by atoms with van der Waals surface area (Å²) < 4.78 is 54.3. The smallest absolute Gasteiger partial charge is 0.419 e. The average molecular weight is 354 g/mol. The zero-order valence-electron chi connectivity index (χ0n) is 13.7. The van der Waals surface area contributed by atoms with E-state index in [-0.39, 0.29) is 24.5 Å². The SMILES string of the molecule is CCOC(=O)c1ccc(OCc2cccc(C(F)(F)F)c2OC)cc1. The molecule has 0 aromatic heterocycles. The molecule has 2 rings (SSSR count). The molecular formula is C18H17F3O4. The second-order valence-electron chi connectivity index (χ2n) is 5.03. The van der Waals surface area contributed by atoms with E-state index in [0.29, 0.717) is 11.3 Å². The van der Waals surface area contributed by atoms with Gasteiger partial charge in [-0.3, -0.25) is 0 Å². The van der Waals surface area contributed by atoms with Crippen molar-refractivity contribution in [2.45, 2.75) is 19.7 Å². The van der Waals surface area contributed by atoms with Crippen LogP contribution < -0.4 is 9.47 Å². The van der Waals surface area contributed by atoms with Crippen molar-refractivity contribution in [2.75, 3.05) is 13.7 Å². The zero-order chi connectivity index (χ0) is 18.4. The van der Waals surface area contributed by atoms with Crippen LogP contribution in [-0.2, 0) is 17.5 Å². The molecule has 0 radical (unpaired) electrons. The van der Waals surface area contributed by atoms with Gasteiger partial charge in [0.2, 0.25) is 0 Å². The van der Waals surface area contributed by atoms with Crippen molar-refractivity contribution in [2.24, 2.45) is 0 Å². The summed E-state index contributed by atoms with van der Waals surface area (Å²) in [4.78, 5) is 11.6. The van der Waals surface area contributed by atoms with Crippen LogP contribution in [0.5, 0.6) is 11.5 Å². The third-order valence-electron chi connectivity index (χ3n) is 3.37. The lowest BCUT2D eigenvalue weighted by molar-refractivity contribution is -0.138. The van der Waals surface area contributed by atoms with Crippen molar-refractivity contribution in [1.29, 1.82) is 0 Å². The Hall–Kier alpha value is -2.70. The summed E-state index contributed by atoms with van der Waals surface area (Å²) in [7, 11) is 1.18. The van der Waals surface area contributed by atoms with Gasteiger partial charge in [-0.05, 0) is 37.3 Å². The van der Waals surface area contributed by atoms with Gasteiger partial charge in [0.15, 0.2) is 0 Å². The van der Waals surface area contributed by atoms with Crippen LogP contribution in [0.4, 0.5) is 13.2 Å². The predicted octanol–water partition coefficient (Wildman–Crippen LogP) is 4.47. The van der Waals surface area contributed by atoms with E-state index in [2.05, 4.69) is 0 Å². The van der Waals surface area contributed by atoms with Crippen LogP contribution in [-0.4, -0.2) is 19.7 Å². The number of ether oxygens (including phenoxy) is 3. The van der Waals surface area contributed by atoms with Gasteiger partial charge in [0.05, 0.1) is 24.8 Å². The number of esters is 1. The highest BCUT2D eigenvalue weighted by Crippen LogP contribution is 2.38. The van der Waals surface area contributed by atoms with Gasteiger partial charge in [0.25, 0.3) is 0 Å². The highest BCUT2D eigenvalue weighted by atomic mass is 19.4. The number of hydrogen-bond donors (Lipinski definition) is 0. The number of benzene rings is 2. The number of carbonyl (C=O) groups excluding carboxylic acids is 1. The molecule has 4 nitrogen and oxygen atoms in total. The Morgan fingerprint density at radius 3 is 2.32 bits per heavy atom. The van der Waals surface area contributed by atoms with Gasteiger partial charge in [-0.1, -0.05) is 12.1 Å². The largest absolute Gasteiger partial charge is 0.496 e. The maximum absolute atomic E-state index is 13.0. The van der Waals surface area contributed by atoms with Gasteiger partial charge >= 0.3 is 12.1 Å². The fraction of sp³-hybridized carbons (Fsp3) is 0.278. The number of hydrogen-bond acceptors (Lipinski definition) is 4. The monoisotopic (exact) mass is 354 g/mol. The number of halogens is 3. The molecule has 0 N–H and O–H groups in total. The zero-order valence-corrected chi connectivity index (χ0v) is 13.7. The van der Waals surface area contributed by atoms with Crippen molar-refractivity contribution in [3.8, 4) is 11.5 Å². The van der Waals surface area contributed by atoms with E-state index in [4.69, 9.17) is 14.2 Å². The molecule has 0 saturated heterocycles. The summed E-state index contributed by atoms with van der Waals surface area (Å²) >= 11 is 0. The third-order valence-corrected chi connectivity index (χ3v) is 3.37. The molecule has 0 bridgehead atoms. The number of carbonyl (C=O) groups is 1. The molecule has 0 amide bonds. The predicted molar refractivity (Wildman–Crippen MR) is 84.7 cm³/mol. The summed E-state index contributed by atoms with van der Waals surface area (Å²) in [5, 5.41) is 0. The molecule has 7 heteroatoms. The lowest BCUT2D eigenvalue weighted by Gasteiger charge is -2.16. The average Bonchev–Trinajstić information content (AvgIpc) is 2.59. The summed E-state index contributed by atoms with van der Waals surface area (Å²) in [5.74, 6) is -0.306. The molecule has 134 valence electrons. The molecular weight excluding hydrogens is 337 g/mol. The van der Waals surface area contributed by atoms with Gasteiger partial charge in [-0.15, -0.1) is 0 Å².